The van der Waals surface area contributed by atoms with E-state index in [0.717, 1.165) is 18.4 Å². The van der Waals surface area contributed by atoms with E-state index in [1.54, 1.807) is 37.1 Å². The lowest BCUT2D eigenvalue weighted by molar-refractivity contribution is -0.274. The zero-order chi connectivity index (χ0) is 32.3. The molecule has 44 heavy (non-hydrogen) atoms. The predicted molar refractivity (Wildman–Crippen MR) is 158 cm³/mol. The summed E-state index contributed by atoms with van der Waals surface area (Å²) in [6, 6.07) is 0. The van der Waals surface area contributed by atoms with Crippen LogP contribution in [0.1, 0.15) is 66.0 Å². The van der Waals surface area contributed by atoms with Crippen LogP contribution < -0.4 is 0 Å². The first-order valence-corrected chi connectivity index (χ1v) is 15.2. The molecule has 0 N–H and O–H groups in total. The molecule has 1 aromatic heterocycles. The van der Waals surface area contributed by atoms with E-state index in [2.05, 4.69) is 24.9 Å². The van der Waals surface area contributed by atoms with Crippen molar-refractivity contribution in [2.45, 2.75) is 84.0 Å². The van der Waals surface area contributed by atoms with Crippen molar-refractivity contribution >= 4 is 18.0 Å². The van der Waals surface area contributed by atoms with Crippen molar-refractivity contribution in [1.29, 1.82) is 0 Å². The van der Waals surface area contributed by atoms with Crippen molar-refractivity contribution in [1.82, 2.24) is 9.55 Å². The summed E-state index contributed by atoms with van der Waals surface area (Å²) in [4.78, 5) is 31.0. The molecule has 0 saturated heterocycles. The number of imidazole rings is 1. The van der Waals surface area contributed by atoms with Crippen LogP contribution >= 0.6 is 0 Å². The van der Waals surface area contributed by atoms with Crippen LogP contribution in [0.3, 0.4) is 0 Å². The molecule has 0 radical (unpaired) electrons. The second-order valence-electron chi connectivity index (χ2n) is 12.5. The molecule has 0 amide bonds. The Morgan fingerprint density at radius 3 is 2.66 bits per heavy atom. The largest absolute Gasteiger partial charge is 0.462 e. The Morgan fingerprint density at radius 2 is 2.02 bits per heavy atom. The molecule has 3 heterocycles. The maximum Gasteiger partial charge on any atom is 0.411 e. The topological polar surface area (TPSA) is 88.9 Å². The number of unbranched alkanes of at least 4 members (excludes halogenated alkanes) is 1. The zero-order valence-electron chi connectivity index (χ0n) is 26.2. The van der Waals surface area contributed by atoms with Crippen LogP contribution in [0.4, 0.5) is 13.2 Å². The number of hydrogen-bond donors (Lipinski definition) is 0. The molecule has 3 aliphatic rings. The van der Waals surface area contributed by atoms with Gasteiger partial charge in [0.2, 0.25) is 5.79 Å². The van der Waals surface area contributed by atoms with Gasteiger partial charge in [0.15, 0.2) is 0 Å². The Morgan fingerprint density at radius 1 is 1.27 bits per heavy atom. The fourth-order valence-electron chi connectivity index (χ4n) is 6.25. The van der Waals surface area contributed by atoms with Crippen molar-refractivity contribution < 1.29 is 41.7 Å². The highest BCUT2D eigenvalue weighted by atomic mass is 19.4. The maximum absolute atomic E-state index is 13.7. The van der Waals surface area contributed by atoms with Gasteiger partial charge in [0, 0.05) is 19.3 Å². The minimum atomic E-state index is -4.70. The van der Waals surface area contributed by atoms with Crippen molar-refractivity contribution in [2.75, 3.05) is 13.2 Å². The third-order valence-electron chi connectivity index (χ3n) is 8.73. The van der Waals surface area contributed by atoms with Crippen LogP contribution in [-0.2, 0) is 35.6 Å². The fourth-order valence-corrected chi connectivity index (χ4v) is 6.25. The summed E-state index contributed by atoms with van der Waals surface area (Å²) in [6.07, 6.45) is 9.60. The standard InChI is InChI=1S/C33H43F3N2O6/c1-7-8-15-41-30(40)27-16-26-24(21(2)3)11-9-22(4)25(26)17-28(43-29(39)12-10-23-18-38(6)20-37-23)31(5)13-14-32(27,44-31)42-19-33(34,35)36/h9-10,12-14,16,18,20-21,24-26,28H,7-8,11,15,17,19H2,1-6H3/b12-10+,27-16-/t24-,25+,26-,28+,31+,32-/m1/s1. The Bertz CT molecular complexity index is 1330. The van der Waals surface area contributed by atoms with E-state index < -0.39 is 42.2 Å². The number of carbonyl (C=O) groups excluding carboxylic acids is 2. The molecule has 1 aliphatic carbocycles. The van der Waals surface area contributed by atoms with Gasteiger partial charge in [-0.1, -0.05) is 44.9 Å². The van der Waals surface area contributed by atoms with Crippen LogP contribution in [0.25, 0.3) is 6.08 Å². The molecule has 6 atom stereocenters. The Labute approximate surface area is 257 Å². The first kappa shape index (κ1) is 33.7. The SMILES string of the molecule is CCCCOC(=O)/C1=C/[C@@H]2[C@@H](C(C)C)CC=C(C)[C@@H]2C[C@H](OC(=O)/C=C/c2cn(C)cn2)[C@]2(C)C=C[C@@]1(OCC(F)(F)F)O2. The van der Waals surface area contributed by atoms with Gasteiger partial charge in [-0.3, -0.25) is 0 Å². The number of ether oxygens (including phenoxy) is 4. The molecule has 2 bridgehead atoms. The van der Waals surface area contributed by atoms with Crippen molar-refractivity contribution in [3.8, 4) is 0 Å². The van der Waals surface area contributed by atoms with E-state index in [4.69, 9.17) is 18.9 Å². The van der Waals surface area contributed by atoms with Gasteiger partial charge >= 0.3 is 18.1 Å². The molecule has 242 valence electrons. The highest BCUT2D eigenvalue weighted by Gasteiger charge is 2.56. The average Bonchev–Trinajstić information content (AvgIpc) is 3.54. The summed E-state index contributed by atoms with van der Waals surface area (Å²) in [5.41, 5.74) is 0.0452. The lowest BCUT2D eigenvalue weighted by Crippen LogP contribution is -2.49. The molecule has 0 aromatic carbocycles. The van der Waals surface area contributed by atoms with Crippen molar-refractivity contribution in [2.24, 2.45) is 30.7 Å². The first-order chi connectivity index (χ1) is 20.7. The van der Waals surface area contributed by atoms with E-state index in [9.17, 15) is 22.8 Å². The normalized spacial score (nSPS) is 31.5. The van der Waals surface area contributed by atoms with Crippen molar-refractivity contribution in [3.05, 3.63) is 59.7 Å². The van der Waals surface area contributed by atoms with Crippen LogP contribution in [0.2, 0.25) is 0 Å². The van der Waals surface area contributed by atoms with Gasteiger partial charge < -0.3 is 23.5 Å². The van der Waals surface area contributed by atoms with Gasteiger partial charge in [0.05, 0.1) is 24.2 Å². The van der Waals surface area contributed by atoms with E-state index in [0.29, 0.717) is 18.5 Å². The summed E-state index contributed by atoms with van der Waals surface area (Å²) in [5, 5.41) is 0. The van der Waals surface area contributed by atoms with Crippen LogP contribution in [0.15, 0.2) is 54.1 Å². The number of halogens is 3. The first-order valence-electron chi connectivity index (χ1n) is 15.2. The second-order valence-corrected chi connectivity index (χ2v) is 12.5. The molecule has 4 rings (SSSR count). The number of fused-ring (bicyclic) bond motifs is 3. The number of esters is 2. The second kappa shape index (κ2) is 13.4. The predicted octanol–water partition coefficient (Wildman–Crippen LogP) is 6.49. The van der Waals surface area contributed by atoms with Gasteiger partial charge in [-0.15, -0.1) is 0 Å². The molecule has 8 nitrogen and oxygen atoms in total. The van der Waals surface area contributed by atoms with E-state index >= 15 is 0 Å². The number of carbonyl (C=O) groups is 2. The summed E-state index contributed by atoms with van der Waals surface area (Å²) >= 11 is 0. The number of hydrogen-bond acceptors (Lipinski definition) is 7. The number of allylic oxidation sites excluding steroid dienone is 3. The molecule has 11 heteroatoms. The average molecular weight is 621 g/mol. The summed E-state index contributed by atoms with van der Waals surface area (Å²) in [6.45, 7) is 8.16. The Hall–Kier alpha value is -3.18. The molecular formula is C33H43F3N2O6. The van der Waals surface area contributed by atoms with E-state index in [1.165, 1.54) is 24.3 Å². The number of rotatable bonds is 10. The quantitative estimate of drug-likeness (QED) is 0.128. The summed E-state index contributed by atoms with van der Waals surface area (Å²) in [7, 11) is 1.81. The smallest absolute Gasteiger partial charge is 0.411 e. The minimum Gasteiger partial charge on any atom is -0.462 e. The minimum absolute atomic E-state index is 0.0515. The number of nitrogens with zero attached hydrogens (tertiary/aromatic N) is 2. The number of alkyl halides is 3. The molecule has 0 unspecified atom stereocenters. The summed E-state index contributed by atoms with van der Waals surface area (Å²) < 4.78 is 66.0. The van der Waals surface area contributed by atoms with Crippen LogP contribution in [0, 0.1) is 23.7 Å². The highest BCUT2D eigenvalue weighted by molar-refractivity contribution is 5.91. The molecular weight excluding hydrogens is 577 g/mol. The third kappa shape index (κ3) is 7.72. The Kier molecular flexibility index (Phi) is 10.3. The van der Waals surface area contributed by atoms with Crippen LogP contribution in [-0.4, -0.2) is 58.4 Å². The van der Waals surface area contributed by atoms with Gasteiger partial charge in [-0.05, 0) is 75.0 Å². The zero-order valence-corrected chi connectivity index (χ0v) is 26.2. The van der Waals surface area contributed by atoms with Gasteiger partial charge in [0.1, 0.15) is 18.3 Å². The highest BCUT2D eigenvalue weighted by Crippen LogP contribution is 2.50. The number of aryl methyl sites for hydroxylation is 1. The lowest BCUT2D eigenvalue weighted by atomic mass is 9.65. The molecule has 0 spiro atoms. The Balaban J connectivity index is 1.80. The van der Waals surface area contributed by atoms with Gasteiger partial charge in [-0.25, -0.2) is 14.6 Å². The molecule has 0 saturated carbocycles. The third-order valence-corrected chi connectivity index (χ3v) is 8.73. The van der Waals surface area contributed by atoms with Crippen LogP contribution in [0.5, 0.6) is 0 Å². The van der Waals surface area contributed by atoms with E-state index in [1.807, 2.05) is 13.8 Å². The van der Waals surface area contributed by atoms with Crippen molar-refractivity contribution in [3.63, 3.8) is 0 Å². The lowest BCUT2D eigenvalue weighted by Gasteiger charge is -2.41. The number of aromatic nitrogens is 2. The monoisotopic (exact) mass is 620 g/mol. The van der Waals surface area contributed by atoms with E-state index in [-0.39, 0.29) is 35.9 Å². The molecule has 1 aromatic rings. The van der Waals surface area contributed by atoms with Gasteiger partial charge in [0.25, 0.3) is 0 Å². The summed E-state index contributed by atoms with van der Waals surface area (Å²) in [5.74, 6) is -3.90. The fraction of sp³-hybridized carbons (Fsp3) is 0.606. The molecule has 2 aliphatic heterocycles. The van der Waals surface area contributed by atoms with Gasteiger partial charge in [-0.2, -0.15) is 13.2 Å². The molecule has 0 fully saturated rings. The maximum atomic E-state index is 13.7.